The van der Waals surface area contributed by atoms with Crippen LogP contribution in [0.5, 0.6) is 0 Å². The van der Waals surface area contributed by atoms with Gasteiger partial charge in [0.25, 0.3) is 5.91 Å². The van der Waals surface area contributed by atoms with Gasteiger partial charge in [0, 0.05) is 38.3 Å². The summed E-state index contributed by atoms with van der Waals surface area (Å²) in [6.45, 7) is 4.19. The van der Waals surface area contributed by atoms with Crippen LogP contribution in [0.2, 0.25) is 0 Å². The zero-order chi connectivity index (χ0) is 13.0. The van der Waals surface area contributed by atoms with Crippen LogP contribution in [0.3, 0.4) is 0 Å². The van der Waals surface area contributed by atoms with E-state index in [9.17, 15) is 4.79 Å². The molecule has 0 aliphatic carbocycles. The summed E-state index contributed by atoms with van der Waals surface area (Å²) in [7, 11) is 2.09. The number of hydrogen-bond donors (Lipinski definition) is 2. The Balaban J connectivity index is 1.90. The number of nitrogens with one attached hydrogen (secondary N) is 1. The van der Waals surface area contributed by atoms with Gasteiger partial charge in [0.1, 0.15) is 0 Å². The molecule has 0 radical (unpaired) electrons. The van der Waals surface area contributed by atoms with Crippen molar-refractivity contribution in [3.8, 4) is 0 Å². The molecule has 1 aliphatic rings. The number of amides is 1. The summed E-state index contributed by atoms with van der Waals surface area (Å²) in [6, 6.07) is 7.40. The summed E-state index contributed by atoms with van der Waals surface area (Å²) in [5.74, 6) is -0.0527. The number of hydrazine groups is 1. The number of rotatable bonds is 3. The smallest absolute Gasteiger partial charge is 0.265 e. The van der Waals surface area contributed by atoms with Gasteiger partial charge in [-0.1, -0.05) is 12.1 Å². The van der Waals surface area contributed by atoms with Gasteiger partial charge in [-0.05, 0) is 24.7 Å². The molecule has 1 heterocycles. The van der Waals surface area contributed by atoms with Crippen LogP contribution in [-0.2, 0) is 6.54 Å². The Morgan fingerprint density at radius 2 is 1.83 bits per heavy atom. The van der Waals surface area contributed by atoms with E-state index in [0.29, 0.717) is 12.1 Å². The molecule has 1 aliphatic heterocycles. The van der Waals surface area contributed by atoms with E-state index in [1.165, 1.54) is 0 Å². The van der Waals surface area contributed by atoms with Crippen LogP contribution in [-0.4, -0.2) is 49.0 Å². The Bertz CT molecular complexity index is 396. The summed E-state index contributed by atoms with van der Waals surface area (Å²) in [6.07, 6.45) is 0. The first-order valence-corrected chi connectivity index (χ1v) is 6.22. The van der Waals surface area contributed by atoms with Crippen molar-refractivity contribution in [3.63, 3.8) is 0 Å². The Kier molecular flexibility index (Phi) is 4.30. The Hall–Kier alpha value is -1.43. The zero-order valence-corrected chi connectivity index (χ0v) is 10.7. The number of carbonyl (C=O) groups is 1. The van der Waals surface area contributed by atoms with Gasteiger partial charge < -0.3 is 10.6 Å². The van der Waals surface area contributed by atoms with Crippen molar-refractivity contribution in [2.45, 2.75) is 6.54 Å². The van der Waals surface area contributed by atoms with Crippen molar-refractivity contribution in [2.24, 2.45) is 5.73 Å². The number of nitrogens with two attached hydrogens (primary N) is 1. The molecule has 5 nitrogen and oxygen atoms in total. The lowest BCUT2D eigenvalue weighted by molar-refractivity contribution is 0.0662. The van der Waals surface area contributed by atoms with Gasteiger partial charge >= 0.3 is 0 Å². The number of carbonyl (C=O) groups excluding carboxylic acids is 1. The molecule has 3 N–H and O–H groups in total. The highest BCUT2D eigenvalue weighted by Gasteiger charge is 2.16. The van der Waals surface area contributed by atoms with Gasteiger partial charge in [-0.3, -0.25) is 10.2 Å². The molecule has 0 aromatic heterocycles. The molecule has 1 amide bonds. The lowest BCUT2D eigenvalue weighted by Gasteiger charge is -2.32. The summed E-state index contributed by atoms with van der Waals surface area (Å²) >= 11 is 0. The SMILES string of the molecule is CN1CCN(NC(=O)c2ccc(CN)cc2)CC1. The van der Waals surface area contributed by atoms with Gasteiger partial charge in [0.05, 0.1) is 0 Å². The molecular formula is C13H20N4O. The highest BCUT2D eigenvalue weighted by Crippen LogP contribution is 2.04. The van der Waals surface area contributed by atoms with Gasteiger partial charge in [0.15, 0.2) is 0 Å². The molecule has 5 heteroatoms. The Morgan fingerprint density at radius 1 is 1.22 bits per heavy atom. The predicted octanol–water partition coefficient (Wildman–Crippen LogP) is 0.0375. The maximum Gasteiger partial charge on any atom is 0.265 e. The number of nitrogens with zero attached hydrogens (tertiary/aromatic N) is 2. The topological polar surface area (TPSA) is 61.6 Å². The Labute approximate surface area is 108 Å². The van der Waals surface area contributed by atoms with Crippen LogP contribution in [0.1, 0.15) is 15.9 Å². The van der Waals surface area contributed by atoms with E-state index in [-0.39, 0.29) is 5.91 Å². The maximum absolute atomic E-state index is 12.0. The number of hydrogen-bond acceptors (Lipinski definition) is 4. The second-order valence-electron chi connectivity index (χ2n) is 4.63. The van der Waals surface area contributed by atoms with Gasteiger partial charge in [-0.25, -0.2) is 5.01 Å². The third-order valence-electron chi connectivity index (χ3n) is 3.21. The molecule has 0 saturated carbocycles. The van der Waals surface area contributed by atoms with Gasteiger partial charge in [-0.2, -0.15) is 0 Å². The van der Waals surface area contributed by atoms with Crippen molar-refractivity contribution >= 4 is 5.91 Å². The van der Waals surface area contributed by atoms with Crippen LogP contribution in [0.25, 0.3) is 0 Å². The molecule has 1 fully saturated rings. The summed E-state index contributed by atoms with van der Waals surface area (Å²) < 4.78 is 0. The third kappa shape index (κ3) is 3.29. The first kappa shape index (κ1) is 13.0. The second kappa shape index (κ2) is 5.95. The number of piperazine rings is 1. The predicted molar refractivity (Wildman–Crippen MR) is 70.9 cm³/mol. The lowest BCUT2D eigenvalue weighted by Crippen LogP contribution is -2.52. The van der Waals surface area contributed by atoms with E-state index in [4.69, 9.17) is 5.73 Å². The highest BCUT2D eigenvalue weighted by molar-refractivity contribution is 5.93. The average molecular weight is 248 g/mol. The van der Waals surface area contributed by atoms with E-state index < -0.39 is 0 Å². The van der Waals surface area contributed by atoms with Crippen molar-refractivity contribution in [1.29, 1.82) is 0 Å². The quantitative estimate of drug-likeness (QED) is 0.793. The summed E-state index contributed by atoms with van der Waals surface area (Å²) in [5, 5.41) is 1.97. The number of likely N-dealkylation sites (N-methyl/N-ethyl adjacent to an activating group) is 1. The molecule has 1 saturated heterocycles. The third-order valence-corrected chi connectivity index (χ3v) is 3.21. The monoisotopic (exact) mass is 248 g/mol. The average Bonchev–Trinajstić information content (AvgIpc) is 2.41. The van der Waals surface area contributed by atoms with Crippen LogP contribution in [0.15, 0.2) is 24.3 Å². The molecule has 98 valence electrons. The summed E-state index contributed by atoms with van der Waals surface area (Å²) in [5.41, 5.74) is 10.2. The first-order chi connectivity index (χ1) is 8.69. The fourth-order valence-electron chi connectivity index (χ4n) is 1.92. The molecule has 0 atom stereocenters. The minimum atomic E-state index is -0.0527. The van der Waals surface area contributed by atoms with Crippen molar-refractivity contribution in [3.05, 3.63) is 35.4 Å². The highest BCUT2D eigenvalue weighted by atomic mass is 16.2. The minimum absolute atomic E-state index is 0.0527. The van der Waals surface area contributed by atoms with Crippen LogP contribution >= 0.6 is 0 Å². The molecule has 2 rings (SSSR count). The van der Waals surface area contributed by atoms with E-state index in [0.717, 1.165) is 31.7 Å². The van der Waals surface area contributed by atoms with E-state index in [1.54, 1.807) is 0 Å². The molecule has 1 aromatic carbocycles. The molecule has 0 spiro atoms. The summed E-state index contributed by atoms with van der Waals surface area (Å²) in [4.78, 5) is 14.2. The minimum Gasteiger partial charge on any atom is -0.326 e. The normalized spacial score (nSPS) is 17.7. The van der Waals surface area contributed by atoms with Crippen LogP contribution in [0.4, 0.5) is 0 Å². The zero-order valence-electron chi connectivity index (χ0n) is 10.7. The number of benzene rings is 1. The van der Waals surface area contributed by atoms with E-state index in [1.807, 2.05) is 29.3 Å². The van der Waals surface area contributed by atoms with Crippen LogP contribution in [0, 0.1) is 0 Å². The van der Waals surface area contributed by atoms with E-state index >= 15 is 0 Å². The van der Waals surface area contributed by atoms with Crippen LogP contribution < -0.4 is 11.2 Å². The van der Waals surface area contributed by atoms with Crippen molar-refractivity contribution in [1.82, 2.24) is 15.3 Å². The standard InChI is InChI=1S/C13H20N4O/c1-16-6-8-17(9-7-16)15-13(18)12-4-2-11(10-14)3-5-12/h2-5H,6-10,14H2,1H3,(H,15,18). The van der Waals surface area contributed by atoms with Gasteiger partial charge in [-0.15, -0.1) is 0 Å². The Morgan fingerprint density at radius 3 is 2.39 bits per heavy atom. The molecule has 0 unspecified atom stereocenters. The lowest BCUT2D eigenvalue weighted by atomic mass is 10.1. The van der Waals surface area contributed by atoms with E-state index in [2.05, 4.69) is 17.4 Å². The largest absolute Gasteiger partial charge is 0.326 e. The first-order valence-electron chi connectivity index (χ1n) is 6.22. The molecule has 18 heavy (non-hydrogen) atoms. The van der Waals surface area contributed by atoms with Crippen molar-refractivity contribution < 1.29 is 4.79 Å². The molecular weight excluding hydrogens is 228 g/mol. The molecule has 1 aromatic rings. The fourth-order valence-corrected chi connectivity index (χ4v) is 1.92. The fraction of sp³-hybridized carbons (Fsp3) is 0.462. The second-order valence-corrected chi connectivity index (χ2v) is 4.63. The molecule has 0 bridgehead atoms. The van der Waals surface area contributed by atoms with Crippen molar-refractivity contribution in [2.75, 3.05) is 33.2 Å². The maximum atomic E-state index is 12.0. The van der Waals surface area contributed by atoms with Gasteiger partial charge in [0.2, 0.25) is 0 Å².